The van der Waals surface area contributed by atoms with E-state index < -0.39 is 6.09 Å². The molecule has 1 heterocycles. The van der Waals surface area contributed by atoms with Gasteiger partial charge in [0.25, 0.3) is 5.89 Å². The minimum absolute atomic E-state index is 0.280. The molecule has 0 atom stereocenters. The number of anilines is 1. The van der Waals surface area contributed by atoms with Crippen LogP contribution in [-0.4, -0.2) is 21.3 Å². The number of carboxylic acid groups (broad SMARTS) is 1. The fourth-order valence-corrected chi connectivity index (χ4v) is 1.88. The highest BCUT2D eigenvalue weighted by molar-refractivity contribution is 5.83. The monoisotopic (exact) mass is 299 g/mol. The third-order valence-corrected chi connectivity index (χ3v) is 2.91. The van der Waals surface area contributed by atoms with E-state index in [4.69, 9.17) is 9.63 Å². The fraction of sp³-hybridized carbons (Fsp3) is 0. The Hall–Kier alpha value is -3.22. The summed E-state index contributed by atoms with van der Waals surface area (Å²) < 4.78 is 18.0. The van der Waals surface area contributed by atoms with Crippen molar-refractivity contribution in [3.63, 3.8) is 0 Å². The van der Waals surface area contributed by atoms with Gasteiger partial charge in [0.15, 0.2) is 0 Å². The molecule has 0 radical (unpaired) electrons. The number of nitrogens with zero attached hydrogens (tertiary/aromatic N) is 2. The Morgan fingerprint density at radius 2 is 1.68 bits per heavy atom. The van der Waals surface area contributed by atoms with Crippen LogP contribution in [0.25, 0.3) is 22.8 Å². The van der Waals surface area contributed by atoms with E-state index in [2.05, 4.69) is 15.5 Å². The van der Waals surface area contributed by atoms with Gasteiger partial charge in [-0.25, -0.2) is 9.18 Å². The van der Waals surface area contributed by atoms with Crippen molar-refractivity contribution in [1.82, 2.24) is 10.1 Å². The highest BCUT2D eigenvalue weighted by Gasteiger charge is 2.10. The van der Waals surface area contributed by atoms with Crippen LogP contribution >= 0.6 is 0 Å². The summed E-state index contributed by atoms with van der Waals surface area (Å²) in [4.78, 5) is 14.8. The van der Waals surface area contributed by atoms with Crippen molar-refractivity contribution in [3.8, 4) is 22.8 Å². The first-order valence-electron chi connectivity index (χ1n) is 6.32. The van der Waals surface area contributed by atoms with Crippen LogP contribution in [0, 0.1) is 5.82 Å². The summed E-state index contributed by atoms with van der Waals surface area (Å²) in [5.74, 6) is 0.300. The maximum Gasteiger partial charge on any atom is 0.409 e. The molecule has 0 bridgehead atoms. The lowest BCUT2D eigenvalue weighted by molar-refractivity contribution is 0.210. The number of nitrogens with one attached hydrogen (secondary N) is 1. The molecule has 22 heavy (non-hydrogen) atoms. The van der Waals surface area contributed by atoms with Crippen molar-refractivity contribution in [2.75, 3.05) is 5.32 Å². The Bertz CT molecular complexity index is 798. The largest absolute Gasteiger partial charge is 0.465 e. The number of hydrogen-bond acceptors (Lipinski definition) is 4. The zero-order valence-corrected chi connectivity index (χ0v) is 11.2. The van der Waals surface area contributed by atoms with E-state index in [9.17, 15) is 9.18 Å². The van der Waals surface area contributed by atoms with E-state index in [0.717, 1.165) is 0 Å². The molecule has 0 aliphatic rings. The lowest BCUT2D eigenvalue weighted by atomic mass is 10.2. The van der Waals surface area contributed by atoms with Gasteiger partial charge in [-0.1, -0.05) is 5.16 Å². The lowest BCUT2D eigenvalue weighted by Crippen LogP contribution is -2.06. The van der Waals surface area contributed by atoms with E-state index >= 15 is 0 Å². The van der Waals surface area contributed by atoms with Crippen LogP contribution in [0.1, 0.15) is 0 Å². The third kappa shape index (κ3) is 2.93. The summed E-state index contributed by atoms with van der Waals surface area (Å²) in [5, 5.41) is 14.7. The molecule has 0 spiro atoms. The quantitative estimate of drug-likeness (QED) is 0.771. The molecule has 0 aliphatic heterocycles. The number of benzene rings is 2. The highest BCUT2D eigenvalue weighted by atomic mass is 19.1. The van der Waals surface area contributed by atoms with Gasteiger partial charge in [-0.05, 0) is 48.5 Å². The lowest BCUT2D eigenvalue weighted by Gasteiger charge is -2.00. The van der Waals surface area contributed by atoms with Crippen molar-refractivity contribution in [1.29, 1.82) is 0 Å². The standard InChI is InChI=1S/C15H10FN3O3/c16-11-5-1-10(2-6-11)14-18-13(19-22-14)9-3-7-12(8-4-9)17-15(20)21/h1-8,17H,(H,20,21). The van der Waals surface area contributed by atoms with Crippen LogP contribution in [-0.2, 0) is 0 Å². The molecule has 1 amide bonds. The van der Waals surface area contributed by atoms with Gasteiger partial charge in [0, 0.05) is 16.8 Å². The molecule has 110 valence electrons. The topological polar surface area (TPSA) is 88.2 Å². The number of aromatic nitrogens is 2. The predicted octanol–water partition coefficient (Wildman–Crippen LogP) is 3.63. The van der Waals surface area contributed by atoms with Crippen LogP contribution in [0.15, 0.2) is 53.1 Å². The third-order valence-electron chi connectivity index (χ3n) is 2.91. The van der Waals surface area contributed by atoms with Gasteiger partial charge in [0.1, 0.15) is 5.82 Å². The SMILES string of the molecule is O=C(O)Nc1ccc(-c2noc(-c3ccc(F)cc3)n2)cc1. The van der Waals surface area contributed by atoms with Crippen molar-refractivity contribution in [2.24, 2.45) is 0 Å². The first-order valence-corrected chi connectivity index (χ1v) is 6.32. The normalized spacial score (nSPS) is 10.4. The molecular weight excluding hydrogens is 289 g/mol. The Labute approximate surface area is 124 Å². The van der Waals surface area contributed by atoms with Crippen LogP contribution in [0.2, 0.25) is 0 Å². The minimum Gasteiger partial charge on any atom is -0.465 e. The van der Waals surface area contributed by atoms with E-state index in [-0.39, 0.29) is 11.7 Å². The van der Waals surface area contributed by atoms with Gasteiger partial charge >= 0.3 is 6.09 Å². The summed E-state index contributed by atoms with van der Waals surface area (Å²) in [5.41, 5.74) is 1.73. The summed E-state index contributed by atoms with van der Waals surface area (Å²) in [7, 11) is 0. The number of carbonyl (C=O) groups is 1. The summed E-state index contributed by atoms with van der Waals surface area (Å²) in [6.45, 7) is 0. The maximum atomic E-state index is 12.9. The zero-order valence-electron chi connectivity index (χ0n) is 11.2. The predicted molar refractivity (Wildman–Crippen MR) is 76.8 cm³/mol. The van der Waals surface area contributed by atoms with E-state index in [0.29, 0.717) is 22.6 Å². The van der Waals surface area contributed by atoms with E-state index in [1.165, 1.54) is 12.1 Å². The molecule has 7 heteroatoms. The first-order chi connectivity index (χ1) is 10.6. The van der Waals surface area contributed by atoms with Crippen molar-refractivity contribution in [2.45, 2.75) is 0 Å². The summed E-state index contributed by atoms with van der Waals surface area (Å²) in [6, 6.07) is 12.3. The summed E-state index contributed by atoms with van der Waals surface area (Å²) in [6.07, 6.45) is -1.13. The average Bonchev–Trinajstić information content (AvgIpc) is 2.98. The molecule has 0 saturated heterocycles. The molecule has 0 unspecified atom stereocenters. The second-order valence-corrected chi connectivity index (χ2v) is 4.44. The molecule has 3 rings (SSSR count). The Morgan fingerprint density at radius 3 is 2.32 bits per heavy atom. The molecule has 0 aliphatic carbocycles. The van der Waals surface area contributed by atoms with Crippen LogP contribution in [0.5, 0.6) is 0 Å². The van der Waals surface area contributed by atoms with Gasteiger partial charge in [0.2, 0.25) is 5.82 Å². The molecule has 1 aromatic heterocycles. The first kappa shape index (κ1) is 13.7. The molecular formula is C15H10FN3O3. The molecule has 0 saturated carbocycles. The molecule has 6 nitrogen and oxygen atoms in total. The Balaban J connectivity index is 1.84. The van der Waals surface area contributed by atoms with Gasteiger partial charge < -0.3 is 9.63 Å². The van der Waals surface area contributed by atoms with E-state index in [1.807, 2.05) is 0 Å². The molecule has 0 fully saturated rings. The van der Waals surface area contributed by atoms with Gasteiger partial charge in [-0.2, -0.15) is 4.98 Å². The number of hydrogen-bond donors (Lipinski definition) is 2. The Morgan fingerprint density at radius 1 is 1.05 bits per heavy atom. The molecule has 2 aromatic carbocycles. The fourth-order valence-electron chi connectivity index (χ4n) is 1.88. The van der Waals surface area contributed by atoms with Crippen molar-refractivity contribution >= 4 is 11.8 Å². The number of amides is 1. The second kappa shape index (κ2) is 5.65. The van der Waals surface area contributed by atoms with Crippen molar-refractivity contribution in [3.05, 3.63) is 54.3 Å². The summed E-state index contributed by atoms with van der Waals surface area (Å²) >= 11 is 0. The molecule has 2 N–H and O–H groups in total. The highest BCUT2D eigenvalue weighted by Crippen LogP contribution is 2.23. The average molecular weight is 299 g/mol. The van der Waals surface area contributed by atoms with Crippen molar-refractivity contribution < 1.29 is 18.8 Å². The van der Waals surface area contributed by atoms with Crippen LogP contribution in [0.3, 0.4) is 0 Å². The van der Waals surface area contributed by atoms with Crippen LogP contribution in [0.4, 0.5) is 14.9 Å². The number of halogens is 1. The second-order valence-electron chi connectivity index (χ2n) is 4.44. The van der Waals surface area contributed by atoms with E-state index in [1.54, 1.807) is 36.4 Å². The minimum atomic E-state index is -1.13. The smallest absolute Gasteiger partial charge is 0.409 e. The number of rotatable bonds is 3. The zero-order chi connectivity index (χ0) is 15.5. The van der Waals surface area contributed by atoms with Gasteiger partial charge in [-0.3, -0.25) is 5.32 Å². The molecule has 3 aromatic rings. The van der Waals surface area contributed by atoms with Crippen LogP contribution < -0.4 is 5.32 Å². The Kier molecular flexibility index (Phi) is 3.53. The maximum absolute atomic E-state index is 12.9. The van der Waals surface area contributed by atoms with Gasteiger partial charge in [0.05, 0.1) is 0 Å². The van der Waals surface area contributed by atoms with Gasteiger partial charge in [-0.15, -0.1) is 0 Å².